The maximum atomic E-state index is 14.6. The summed E-state index contributed by atoms with van der Waals surface area (Å²) < 4.78 is 56.8. The minimum absolute atomic E-state index is 0.0496. The third-order valence-electron chi connectivity index (χ3n) is 7.60. The van der Waals surface area contributed by atoms with Gasteiger partial charge in [0.25, 0.3) is 0 Å². The van der Waals surface area contributed by atoms with Crippen LogP contribution < -0.4 is 19.0 Å². The molecule has 0 spiro atoms. The minimum Gasteiger partial charge on any atom is -0.383 e. The van der Waals surface area contributed by atoms with Crippen LogP contribution >= 0.6 is 0 Å². The minimum atomic E-state index is -3.72. The van der Waals surface area contributed by atoms with Crippen LogP contribution in [0.15, 0.2) is 109 Å². The Morgan fingerprint density at radius 3 is 1.17 bits per heavy atom. The molecule has 0 aromatic heterocycles. The molecule has 11 heteroatoms. The number of carbonyl (C=O) groups excluding carboxylic acids is 1. The van der Waals surface area contributed by atoms with Crippen LogP contribution in [0.5, 0.6) is 11.5 Å². The summed E-state index contributed by atoms with van der Waals surface area (Å²) in [5.74, 6) is -1.01. The number of nitrogens with one attached hydrogen (secondary N) is 2. The van der Waals surface area contributed by atoms with E-state index in [1.165, 1.54) is 0 Å². The van der Waals surface area contributed by atoms with Crippen molar-refractivity contribution < 1.29 is 30.0 Å². The molecule has 4 aromatic rings. The standard InChI is InChI=1S/C35H40N2O7S2/c1-25(27-11-7-5-8-12-27)36-23-33(29-15-19-31(20-16-29)43-45(3,39)40)35(38)34(24-37-26(2)28-13-9-6-10-14-28)30-17-21-32(22-18-30)44-46(4,41)42/h5-22,25-26,33-34,36-37H,23-24H2,1-4H3/t25-,26-,33?,34?/m0/s1. The van der Waals surface area contributed by atoms with Gasteiger partial charge in [0, 0.05) is 25.2 Å². The van der Waals surface area contributed by atoms with Gasteiger partial charge in [-0.1, -0.05) is 84.9 Å². The molecule has 0 radical (unpaired) electrons. The predicted octanol–water partition coefficient (Wildman–Crippen LogP) is 5.50. The van der Waals surface area contributed by atoms with E-state index in [0.717, 1.165) is 23.6 Å². The maximum Gasteiger partial charge on any atom is 0.306 e. The van der Waals surface area contributed by atoms with Gasteiger partial charge in [0.1, 0.15) is 17.3 Å². The van der Waals surface area contributed by atoms with Crippen molar-refractivity contribution in [2.75, 3.05) is 25.6 Å². The maximum absolute atomic E-state index is 14.6. The van der Waals surface area contributed by atoms with E-state index in [-0.39, 0.29) is 29.4 Å². The molecule has 244 valence electrons. The summed E-state index contributed by atoms with van der Waals surface area (Å²) >= 11 is 0. The Morgan fingerprint density at radius 1 is 0.543 bits per heavy atom. The second kappa shape index (κ2) is 15.5. The summed E-state index contributed by atoms with van der Waals surface area (Å²) in [6, 6.07) is 32.7. The van der Waals surface area contributed by atoms with Gasteiger partial charge in [-0.05, 0) is 60.4 Å². The van der Waals surface area contributed by atoms with Crippen molar-refractivity contribution in [1.29, 1.82) is 0 Å². The molecule has 4 atom stereocenters. The monoisotopic (exact) mass is 664 g/mol. The van der Waals surface area contributed by atoms with E-state index in [1.54, 1.807) is 48.5 Å². The smallest absolute Gasteiger partial charge is 0.306 e. The largest absolute Gasteiger partial charge is 0.383 e. The van der Waals surface area contributed by atoms with Crippen LogP contribution in [0.1, 0.15) is 60.0 Å². The van der Waals surface area contributed by atoms with E-state index >= 15 is 0 Å². The molecule has 9 nitrogen and oxygen atoms in total. The first kappa shape index (κ1) is 34.8. The number of hydrogen-bond acceptors (Lipinski definition) is 9. The van der Waals surface area contributed by atoms with Gasteiger partial charge in [0.05, 0.1) is 24.3 Å². The lowest BCUT2D eigenvalue weighted by molar-refractivity contribution is -0.121. The molecule has 0 bridgehead atoms. The lowest BCUT2D eigenvalue weighted by Crippen LogP contribution is -2.36. The van der Waals surface area contributed by atoms with Gasteiger partial charge < -0.3 is 19.0 Å². The summed E-state index contributed by atoms with van der Waals surface area (Å²) in [5.41, 5.74) is 3.53. The molecule has 0 aliphatic heterocycles. The van der Waals surface area contributed by atoms with Gasteiger partial charge in [0.2, 0.25) is 0 Å². The molecule has 0 heterocycles. The van der Waals surface area contributed by atoms with Gasteiger partial charge in [-0.25, -0.2) is 0 Å². The Balaban J connectivity index is 1.68. The van der Waals surface area contributed by atoms with Crippen LogP contribution in [0.3, 0.4) is 0 Å². The molecular formula is C35H40N2O7S2. The van der Waals surface area contributed by atoms with E-state index in [9.17, 15) is 21.6 Å². The fraction of sp³-hybridized carbons (Fsp3) is 0.286. The Morgan fingerprint density at radius 2 is 0.870 bits per heavy atom. The van der Waals surface area contributed by atoms with Crippen molar-refractivity contribution in [2.45, 2.75) is 37.8 Å². The van der Waals surface area contributed by atoms with E-state index in [0.29, 0.717) is 24.2 Å². The van der Waals surface area contributed by atoms with Gasteiger partial charge >= 0.3 is 20.2 Å². The second-order valence-corrected chi connectivity index (χ2v) is 14.5. The summed E-state index contributed by atoms with van der Waals surface area (Å²) in [6.45, 7) is 4.67. The average molecular weight is 665 g/mol. The Kier molecular flexibility index (Phi) is 11.7. The van der Waals surface area contributed by atoms with Gasteiger partial charge in [0.15, 0.2) is 0 Å². The van der Waals surface area contributed by atoms with Crippen molar-refractivity contribution in [3.05, 3.63) is 131 Å². The highest BCUT2D eigenvalue weighted by Crippen LogP contribution is 2.30. The topological polar surface area (TPSA) is 128 Å². The van der Waals surface area contributed by atoms with Crippen LogP contribution in [-0.4, -0.2) is 48.2 Å². The summed E-state index contributed by atoms with van der Waals surface area (Å²) in [7, 11) is -7.43. The first-order valence-corrected chi connectivity index (χ1v) is 18.5. The lowest BCUT2D eigenvalue weighted by atomic mass is 9.83. The van der Waals surface area contributed by atoms with Crippen LogP contribution in [0.25, 0.3) is 0 Å². The summed E-state index contributed by atoms with van der Waals surface area (Å²) in [6.07, 6.45) is 1.95. The van der Waals surface area contributed by atoms with Crippen LogP contribution in [-0.2, 0) is 25.0 Å². The molecule has 0 amide bonds. The Hall–Kier alpha value is -4.03. The van der Waals surface area contributed by atoms with Crippen LogP contribution in [0, 0.1) is 0 Å². The number of ketones is 1. The highest BCUT2D eigenvalue weighted by atomic mass is 32.2. The normalized spacial score (nSPS) is 14.5. The highest BCUT2D eigenvalue weighted by molar-refractivity contribution is 7.86. The zero-order valence-electron chi connectivity index (χ0n) is 26.3. The first-order chi connectivity index (χ1) is 21.8. The number of hydrogen-bond donors (Lipinski definition) is 2. The van der Waals surface area contributed by atoms with Gasteiger partial charge in [-0.3, -0.25) is 4.79 Å². The summed E-state index contributed by atoms with van der Waals surface area (Å²) in [5, 5.41) is 7.02. The van der Waals surface area contributed by atoms with E-state index in [1.807, 2.05) is 74.5 Å². The van der Waals surface area contributed by atoms with Crippen molar-refractivity contribution in [1.82, 2.24) is 10.6 Å². The Bertz CT molecular complexity index is 1650. The van der Waals surface area contributed by atoms with Crippen LogP contribution in [0.2, 0.25) is 0 Å². The lowest BCUT2D eigenvalue weighted by Gasteiger charge is -2.27. The van der Waals surface area contributed by atoms with Crippen molar-refractivity contribution in [2.24, 2.45) is 0 Å². The predicted molar refractivity (Wildman–Crippen MR) is 180 cm³/mol. The number of benzene rings is 4. The molecule has 4 rings (SSSR count). The SMILES string of the molecule is C[C@H](NCC(C(=O)C(CN[C@@H](C)c1ccccc1)c1ccc(OS(C)(=O)=O)cc1)c1ccc(OS(C)(=O)=O)cc1)c1ccccc1. The number of Topliss-reactive ketones (excluding diaryl/α,β-unsaturated/α-hetero) is 1. The first-order valence-electron chi connectivity index (χ1n) is 14.9. The van der Waals surface area contributed by atoms with Crippen LogP contribution in [0.4, 0.5) is 0 Å². The summed E-state index contributed by atoms with van der Waals surface area (Å²) in [4.78, 5) is 14.6. The van der Waals surface area contributed by atoms with Crippen molar-refractivity contribution >= 4 is 26.0 Å². The molecule has 0 saturated carbocycles. The molecule has 46 heavy (non-hydrogen) atoms. The fourth-order valence-corrected chi connectivity index (χ4v) is 6.10. The van der Waals surface area contributed by atoms with Crippen molar-refractivity contribution in [3.8, 4) is 11.5 Å². The number of carbonyl (C=O) groups is 1. The van der Waals surface area contributed by atoms with Gasteiger partial charge in [-0.15, -0.1) is 0 Å². The van der Waals surface area contributed by atoms with Gasteiger partial charge in [-0.2, -0.15) is 16.8 Å². The van der Waals surface area contributed by atoms with Crippen molar-refractivity contribution in [3.63, 3.8) is 0 Å². The highest BCUT2D eigenvalue weighted by Gasteiger charge is 2.30. The molecule has 0 aliphatic rings. The second-order valence-electron chi connectivity index (χ2n) is 11.3. The molecule has 4 aromatic carbocycles. The molecule has 2 N–H and O–H groups in total. The van der Waals surface area contributed by atoms with E-state index < -0.39 is 32.1 Å². The molecule has 2 unspecified atom stereocenters. The average Bonchev–Trinajstić information content (AvgIpc) is 3.02. The molecular weight excluding hydrogens is 625 g/mol. The fourth-order valence-electron chi connectivity index (χ4n) is 5.18. The zero-order valence-corrected chi connectivity index (χ0v) is 27.9. The third-order valence-corrected chi connectivity index (χ3v) is 8.59. The zero-order chi connectivity index (χ0) is 33.3. The third kappa shape index (κ3) is 10.5. The molecule has 0 fully saturated rings. The molecule has 0 aliphatic carbocycles. The number of rotatable bonds is 16. The molecule has 0 saturated heterocycles. The Labute approximate surface area is 272 Å². The van der Waals surface area contributed by atoms with E-state index in [2.05, 4.69) is 10.6 Å². The quantitative estimate of drug-likeness (QED) is 0.149. The van der Waals surface area contributed by atoms with E-state index in [4.69, 9.17) is 8.37 Å².